The van der Waals surface area contributed by atoms with E-state index in [1.165, 1.54) is 18.2 Å². The third kappa shape index (κ3) is 3.45. The molecular weight excluding hydrogens is 380 g/mol. The van der Waals surface area contributed by atoms with Crippen molar-refractivity contribution in [3.8, 4) is 11.5 Å². The van der Waals surface area contributed by atoms with E-state index in [-0.39, 0.29) is 10.5 Å². The summed E-state index contributed by atoms with van der Waals surface area (Å²) in [6.45, 7) is 0. The number of aromatic carboxylic acids is 1. The maximum Gasteiger partial charge on any atom is 0.335 e. The average Bonchev–Trinajstić information content (AvgIpc) is 3.12. The lowest BCUT2D eigenvalue weighted by Gasteiger charge is -2.09. The molecule has 1 heterocycles. The molecule has 0 radical (unpaired) electrons. The van der Waals surface area contributed by atoms with Gasteiger partial charge in [-0.25, -0.2) is 18.2 Å². The molecule has 0 bridgehead atoms. The number of aromatic nitrogens is 1. The standard InChI is InChI=1S/C20H14N2O5S/c23-20(24)14-4-3-5-16(12-14)28(25,26)22-15-10-8-13(9-11-15)19-21-17-6-1-2-7-18(17)27-19/h1-12,22H,(H,23,24). The predicted molar refractivity (Wildman–Crippen MR) is 104 cm³/mol. The molecule has 0 aliphatic rings. The zero-order valence-corrected chi connectivity index (χ0v) is 15.2. The van der Waals surface area contributed by atoms with Gasteiger partial charge in [0.15, 0.2) is 5.58 Å². The van der Waals surface area contributed by atoms with Gasteiger partial charge in [-0.2, -0.15) is 0 Å². The predicted octanol–water partition coefficient (Wildman–Crippen LogP) is 3.99. The molecule has 0 aliphatic heterocycles. The summed E-state index contributed by atoms with van der Waals surface area (Å²) >= 11 is 0. The Morgan fingerprint density at radius 1 is 0.964 bits per heavy atom. The molecule has 4 rings (SSSR count). The summed E-state index contributed by atoms with van der Waals surface area (Å²) in [4.78, 5) is 15.3. The van der Waals surface area contributed by atoms with Crippen molar-refractivity contribution in [3.63, 3.8) is 0 Å². The first-order valence-electron chi connectivity index (χ1n) is 8.24. The summed E-state index contributed by atoms with van der Waals surface area (Å²) in [6, 6.07) is 19.1. The van der Waals surface area contributed by atoms with Crippen LogP contribution in [0.5, 0.6) is 0 Å². The van der Waals surface area contributed by atoms with E-state index >= 15 is 0 Å². The van der Waals surface area contributed by atoms with Crippen molar-refractivity contribution < 1.29 is 22.7 Å². The fourth-order valence-electron chi connectivity index (χ4n) is 2.69. The Hall–Kier alpha value is -3.65. The molecule has 0 amide bonds. The summed E-state index contributed by atoms with van der Waals surface area (Å²) in [7, 11) is -3.92. The highest BCUT2D eigenvalue weighted by Crippen LogP contribution is 2.26. The number of oxazole rings is 1. The molecule has 0 unspecified atom stereocenters. The van der Waals surface area contributed by atoms with Crippen molar-refractivity contribution in [3.05, 3.63) is 78.4 Å². The normalized spacial score (nSPS) is 11.4. The molecule has 0 saturated carbocycles. The molecule has 140 valence electrons. The number of hydrogen-bond donors (Lipinski definition) is 2. The number of sulfonamides is 1. The van der Waals surface area contributed by atoms with E-state index in [0.717, 1.165) is 11.6 Å². The van der Waals surface area contributed by atoms with Gasteiger partial charge in [-0.15, -0.1) is 0 Å². The van der Waals surface area contributed by atoms with Crippen LogP contribution in [0.15, 0.2) is 82.1 Å². The zero-order chi connectivity index (χ0) is 19.7. The molecule has 28 heavy (non-hydrogen) atoms. The number of rotatable bonds is 5. The van der Waals surface area contributed by atoms with E-state index in [4.69, 9.17) is 9.52 Å². The Morgan fingerprint density at radius 2 is 1.71 bits per heavy atom. The molecule has 0 saturated heterocycles. The number of fused-ring (bicyclic) bond motifs is 1. The van der Waals surface area contributed by atoms with Crippen LogP contribution in [0.1, 0.15) is 10.4 Å². The van der Waals surface area contributed by atoms with Crippen LogP contribution < -0.4 is 4.72 Å². The van der Waals surface area contributed by atoms with E-state index in [9.17, 15) is 13.2 Å². The molecule has 0 aliphatic carbocycles. The number of nitrogens with one attached hydrogen (secondary N) is 1. The van der Waals surface area contributed by atoms with Gasteiger partial charge in [0.25, 0.3) is 10.0 Å². The Balaban J connectivity index is 1.58. The van der Waals surface area contributed by atoms with Crippen molar-refractivity contribution >= 4 is 32.8 Å². The second-order valence-corrected chi connectivity index (χ2v) is 7.68. The largest absolute Gasteiger partial charge is 0.478 e. The van der Waals surface area contributed by atoms with Crippen LogP contribution in [0.25, 0.3) is 22.6 Å². The van der Waals surface area contributed by atoms with Crippen LogP contribution in [0.2, 0.25) is 0 Å². The number of carboxylic acid groups (broad SMARTS) is 1. The third-order valence-electron chi connectivity index (χ3n) is 4.07. The number of para-hydroxylation sites is 2. The van der Waals surface area contributed by atoms with Crippen LogP contribution in [0.4, 0.5) is 5.69 Å². The van der Waals surface area contributed by atoms with Gasteiger partial charge >= 0.3 is 5.97 Å². The van der Waals surface area contributed by atoms with Crippen molar-refractivity contribution in [1.82, 2.24) is 4.98 Å². The summed E-state index contributed by atoms with van der Waals surface area (Å²) in [5.41, 5.74) is 2.34. The van der Waals surface area contributed by atoms with Crippen molar-refractivity contribution in [2.24, 2.45) is 0 Å². The number of hydrogen-bond acceptors (Lipinski definition) is 5. The van der Waals surface area contributed by atoms with E-state index in [0.29, 0.717) is 22.7 Å². The van der Waals surface area contributed by atoms with Crippen LogP contribution >= 0.6 is 0 Å². The summed E-state index contributed by atoms with van der Waals surface area (Å²) in [6.07, 6.45) is 0. The second kappa shape index (κ2) is 6.82. The van der Waals surface area contributed by atoms with Crippen molar-refractivity contribution in [1.29, 1.82) is 0 Å². The molecular formula is C20H14N2O5S. The highest BCUT2D eigenvalue weighted by molar-refractivity contribution is 7.92. The molecule has 1 aromatic heterocycles. The Labute approximate surface area is 160 Å². The highest BCUT2D eigenvalue weighted by atomic mass is 32.2. The highest BCUT2D eigenvalue weighted by Gasteiger charge is 2.16. The van der Waals surface area contributed by atoms with Gasteiger partial charge in [0, 0.05) is 11.3 Å². The number of carboxylic acids is 1. The van der Waals surface area contributed by atoms with E-state index in [1.807, 2.05) is 24.3 Å². The maximum absolute atomic E-state index is 12.5. The van der Waals surface area contributed by atoms with Crippen LogP contribution in [-0.2, 0) is 10.0 Å². The second-order valence-electron chi connectivity index (χ2n) is 6.00. The van der Waals surface area contributed by atoms with Crippen LogP contribution in [-0.4, -0.2) is 24.5 Å². The SMILES string of the molecule is O=C(O)c1cccc(S(=O)(=O)Nc2ccc(-c3nc4ccccc4o3)cc2)c1. The summed E-state index contributed by atoms with van der Waals surface area (Å²) in [5.74, 6) is -0.760. The minimum absolute atomic E-state index is 0.103. The van der Waals surface area contributed by atoms with Gasteiger partial charge in [0.05, 0.1) is 10.5 Å². The minimum Gasteiger partial charge on any atom is -0.478 e. The van der Waals surface area contributed by atoms with E-state index in [1.54, 1.807) is 24.3 Å². The Morgan fingerprint density at radius 3 is 2.43 bits per heavy atom. The fraction of sp³-hybridized carbons (Fsp3) is 0. The Bertz CT molecular complexity index is 1240. The molecule has 7 nitrogen and oxygen atoms in total. The topological polar surface area (TPSA) is 110 Å². The molecule has 3 aromatic carbocycles. The van der Waals surface area contributed by atoms with Crippen molar-refractivity contribution in [2.75, 3.05) is 4.72 Å². The van der Waals surface area contributed by atoms with Gasteiger partial charge in [0.2, 0.25) is 5.89 Å². The van der Waals surface area contributed by atoms with Crippen molar-refractivity contribution in [2.45, 2.75) is 4.90 Å². The smallest absolute Gasteiger partial charge is 0.335 e. The van der Waals surface area contributed by atoms with E-state index < -0.39 is 16.0 Å². The first-order valence-corrected chi connectivity index (χ1v) is 9.73. The van der Waals surface area contributed by atoms with Gasteiger partial charge < -0.3 is 9.52 Å². The average molecular weight is 394 g/mol. The van der Waals surface area contributed by atoms with Crippen LogP contribution in [0, 0.1) is 0 Å². The molecule has 0 atom stereocenters. The number of carbonyl (C=O) groups is 1. The summed E-state index contributed by atoms with van der Waals surface area (Å²) in [5, 5.41) is 9.03. The van der Waals surface area contributed by atoms with Crippen LogP contribution in [0.3, 0.4) is 0 Å². The van der Waals surface area contributed by atoms with Gasteiger partial charge in [-0.3, -0.25) is 4.72 Å². The zero-order valence-electron chi connectivity index (χ0n) is 14.4. The third-order valence-corrected chi connectivity index (χ3v) is 5.45. The fourth-order valence-corrected chi connectivity index (χ4v) is 3.79. The molecule has 0 fully saturated rings. The summed E-state index contributed by atoms with van der Waals surface area (Å²) < 4.78 is 33.2. The number of nitrogens with zero attached hydrogens (tertiary/aromatic N) is 1. The minimum atomic E-state index is -3.92. The number of benzene rings is 3. The lowest BCUT2D eigenvalue weighted by atomic mass is 10.2. The number of anilines is 1. The maximum atomic E-state index is 12.5. The van der Waals surface area contributed by atoms with Gasteiger partial charge in [0.1, 0.15) is 5.52 Å². The quantitative estimate of drug-likeness (QED) is 0.530. The molecule has 0 spiro atoms. The Kier molecular flexibility index (Phi) is 4.32. The molecule has 4 aromatic rings. The first kappa shape index (κ1) is 17.7. The molecule has 8 heteroatoms. The van der Waals surface area contributed by atoms with Gasteiger partial charge in [-0.1, -0.05) is 18.2 Å². The van der Waals surface area contributed by atoms with Gasteiger partial charge in [-0.05, 0) is 54.6 Å². The lowest BCUT2D eigenvalue weighted by Crippen LogP contribution is -2.13. The monoisotopic (exact) mass is 394 g/mol. The first-order chi connectivity index (χ1) is 13.4. The lowest BCUT2D eigenvalue weighted by molar-refractivity contribution is 0.0696. The van der Waals surface area contributed by atoms with E-state index in [2.05, 4.69) is 9.71 Å². The molecule has 2 N–H and O–H groups in total.